The van der Waals surface area contributed by atoms with Crippen molar-refractivity contribution in [1.82, 2.24) is 0 Å². The summed E-state index contributed by atoms with van der Waals surface area (Å²) in [6.45, 7) is 8.68. The Bertz CT molecular complexity index is 979. The fourth-order valence-electron chi connectivity index (χ4n) is 8.20. The summed E-state index contributed by atoms with van der Waals surface area (Å²) in [6.07, 6.45) is 6.85. The standard InChI is InChI=1S/C26H34O7/c1-14(27)31-13-20(30)26-21(32-23(2,3)33-26)11-18-17-7-6-15-10-16(28)8-9-24(15,4)22(17)19(29)12-25(18,26)5/h8-10,17-19,21-22,29H,6-7,11-13H2,1-5H3/t17-,18-,19+,21+,22+,24-,25-,26+/m0/s1. The molecule has 7 heteroatoms. The van der Waals surface area contributed by atoms with Crippen LogP contribution in [0.2, 0.25) is 0 Å². The Balaban J connectivity index is 1.56. The van der Waals surface area contributed by atoms with Crippen molar-refractivity contribution < 1.29 is 33.7 Å². The van der Waals surface area contributed by atoms with Crippen molar-refractivity contribution in [2.75, 3.05) is 6.61 Å². The summed E-state index contributed by atoms with van der Waals surface area (Å²) in [7, 11) is 0. The van der Waals surface area contributed by atoms with Crippen LogP contribution in [-0.2, 0) is 28.6 Å². The lowest BCUT2D eigenvalue weighted by molar-refractivity contribution is -0.225. The number of rotatable bonds is 3. The van der Waals surface area contributed by atoms with E-state index in [1.54, 1.807) is 26.0 Å². The first-order valence-electron chi connectivity index (χ1n) is 12.0. The zero-order valence-electron chi connectivity index (χ0n) is 20.1. The monoisotopic (exact) mass is 458 g/mol. The summed E-state index contributed by atoms with van der Waals surface area (Å²) in [4.78, 5) is 37.1. The molecule has 0 radical (unpaired) electrons. The minimum Gasteiger partial charge on any atom is -0.458 e. The van der Waals surface area contributed by atoms with E-state index in [0.29, 0.717) is 12.8 Å². The Hall–Kier alpha value is -1.83. The molecule has 0 aromatic carbocycles. The third-order valence-corrected chi connectivity index (χ3v) is 9.31. The van der Waals surface area contributed by atoms with Gasteiger partial charge in [0.25, 0.3) is 0 Å². The number of ketones is 2. The maximum Gasteiger partial charge on any atom is 0.303 e. The molecule has 7 nitrogen and oxygen atoms in total. The van der Waals surface area contributed by atoms with Gasteiger partial charge in [0.15, 0.2) is 23.8 Å². The smallest absolute Gasteiger partial charge is 0.303 e. The second-order valence-electron chi connectivity index (χ2n) is 11.5. The number of hydrogen-bond acceptors (Lipinski definition) is 7. The maximum atomic E-state index is 13.7. The number of Topliss-reactive ketones (excluding diaryl/α,β-unsaturated/α-hetero) is 1. The highest BCUT2D eigenvalue weighted by molar-refractivity contribution is 6.01. The number of esters is 1. The average molecular weight is 459 g/mol. The molecule has 0 amide bonds. The SMILES string of the molecule is CC(=O)OCC(=O)[C@@]12OC(C)(C)O[C@@H]1C[C@H]1[C@@H]3CCC4=CC(=O)C=C[C@]4(C)[C@H]3[C@H](O)C[C@@]12C. The van der Waals surface area contributed by atoms with Gasteiger partial charge in [-0.05, 0) is 63.5 Å². The fourth-order valence-corrected chi connectivity index (χ4v) is 8.20. The highest BCUT2D eigenvalue weighted by atomic mass is 16.8. The van der Waals surface area contributed by atoms with E-state index >= 15 is 0 Å². The van der Waals surface area contributed by atoms with Crippen molar-refractivity contribution >= 4 is 17.5 Å². The van der Waals surface area contributed by atoms with E-state index in [9.17, 15) is 19.5 Å². The van der Waals surface area contributed by atoms with E-state index in [-0.39, 0.29) is 41.3 Å². The van der Waals surface area contributed by atoms with Gasteiger partial charge in [-0.2, -0.15) is 0 Å². The molecule has 4 fully saturated rings. The molecule has 5 rings (SSSR count). The number of aliphatic hydroxyl groups excluding tert-OH is 1. The van der Waals surface area contributed by atoms with Gasteiger partial charge in [-0.3, -0.25) is 14.4 Å². The Kier molecular flexibility index (Phi) is 4.93. The topological polar surface area (TPSA) is 99.1 Å². The van der Waals surface area contributed by atoms with Crippen molar-refractivity contribution in [3.63, 3.8) is 0 Å². The summed E-state index contributed by atoms with van der Waals surface area (Å²) >= 11 is 0. The molecule has 1 saturated heterocycles. The van der Waals surface area contributed by atoms with Crippen LogP contribution in [0.4, 0.5) is 0 Å². The lowest BCUT2D eigenvalue weighted by atomic mass is 9.46. The molecule has 1 aliphatic heterocycles. The zero-order chi connectivity index (χ0) is 24.0. The minimum absolute atomic E-state index is 0.00510. The van der Waals surface area contributed by atoms with Crippen molar-refractivity contribution in [3.05, 3.63) is 23.8 Å². The predicted octanol–water partition coefficient (Wildman–Crippen LogP) is 2.90. The number of carbonyl (C=O) groups excluding carboxylic acids is 3. The highest BCUT2D eigenvalue weighted by Crippen LogP contribution is 2.70. The van der Waals surface area contributed by atoms with Crippen LogP contribution >= 0.6 is 0 Å². The molecule has 8 atom stereocenters. The number of allylic oxidation sites excluding steroid dienone is 4. The molecule has 1 N–H and O–H groups in total. The molecule has 33 heavy (non-hydrogen) atoms. The van der Waals surface area contributed by atoms with Crippen LogP contribution in [-0.4, -0.2) is 52.8 Å². The first kappa shape index (κ1) is 22.9. The first-order chi connectivity index (χ1) is 15.3. The van der Waals surface area contributed by atoms with E-state index < -0.39 is 35.0 Å². The average Bonchev–Trinajstić information content (AvgIpc) is 3.12. The van der Waals surface area contributed by atoms with Gasteiger partial charge in [-0.1, -0.05) is 25.5 Å². The number of fused-ring (bicyclic) bond motifs is 7. The molecule has 1 heterocycles. The summed E-state index contributed by atoms with van der Waals surface area (Å²) in [5, 5.41) is 11.6. The normalized spacial score (nSPS) is 47.2. The molecule has 0 unspecified atom stereocenters. The van der Waals surface area contributed by atoms with Gasteiger partial charge < -0.3 is 19.3 Å². The molecule has 0 aromatic rings. The van der Waals surface area contributed by atoms with E-state index in [1.807, 2.05) is 13.0 Å². The molecular weight excluding hydrogens is 424 g/mol. The second-order valence-corrected chi connectivity index (χ2v) is 11.5. The lowest BCUT2D eigenvalue weighted by Gasteiger charge is -2.59. The van der Waals surface area contributed by atoms with Crippen molar-refractivity contribution in [3.8, 4) is 0 Å². The first-order valence-corrected chi connectivity index (χ1v) is 12.0. The highest BCUT2D eigenvalue weighted by Gasteiger charge is 2.76. The molecule has 5 aliphatic rings. The Morgan fingerprint density at radius 2 is 1.97 bits per heavy atom. The van der Waals surface area contributed by atoms with Crippen LogP contribution in [0.3, 0.4) is 0 Å². The van der Waals surface area contributed by atoms with E-state index in [0.717, 1.165) is 18.4 Å². The van der Waals surface area contributed by atoms with E-state index in [1.165, 1.54) is 6.92 Å². The molecule has 180 valence electrons. The van der Waals surface area contributed by atoms with Gasteiger partial charge in [0.05, 0.1) is 12.2 Å². The van der Waals surface area contributed by atoms with E-state index in [2.05, 4.69) is 6.92 Å². The van der Waals surface area contributed by atoms with Crippen LogP contribution in [0.1, 0.15) is 60.3 Å². The third-order valence-electron chi connectivity index (χ3n) is 9.31. The van der Waals surface area contributed by atoms with Gasteiger partial charge in [0.2, 0.25) is 5.78 Å². The summed E-state index contributed by atoms with van der Waals surface area (Å²) in [5.74, 6) is -1.56. The van der Waals surface area contributed by atoms with Crippen molar-refractivity contribution in [2.24, 2.45) is 28.6 Å². The van der Waals surface area contributed by atoms with E-state index in [4.69, 9.17) is 14.2 Å². The van der Waals surface area contributed by atoms with Crippen molar-refractivity contribution in [1.29, 1.82) is 0 Å². The molecule has 0 aromatic heterocycles. The molecule has 3 saturated carbocycles. The fraction of sp³-hybridized carbons (Fsp3) is 0.731. The van der Waals surface area contributed by atoms with Gasteiger partial charge in [-0.15, -0.1) is 0 Å². The van der Waals surface area contributed by atoms with Crippen LogP contribution < -0.4 is 0 Å². The summed E-state index contributed by atoms with van der Waals surface area (Å²) < 4.78 is 17.9. The van der Waals surface area contributed by atoms with Crippen LogP contribution in [0.5, 0.6) is 0 Å². The number of ether oxygens (including phenoxy) is 3. The summed E-state index contributed by atoms with van der Waals surface area (Å²) in [5.41, 5.74) is -1.25. The van der Waals surface area contributed by atoms with Crippen LogP contribution in [0.25, 0.3) is 0 Å². The van der Waals surface area contributed by atoms with Gasteiger partial charge in [-0.25, -0.2) is 0 Å². The number of aliphatic hydroxyl groups is 1. The largest absolute Gasteiger partial charge is 0.458 e. The quantitative estimate of drug-likeness (QED) is 0.649. The molecular formula is C26H34O7. The van der Waals surface area contributed by atoms with Crippen molar-refractivity contribution in [2.45, 2.75) is 83.9 Å². The third kappa shape index (κ3) is 3.01. The number of hydrogen-bond donors (Lipinski definition) is 1. The Morgan fingerprint density at radius 1 is 1.24 bits per heavy atom. The zero-order valence-corrected chi connectivity index (χ0v) is 20.1. The van der Waals surface area contributed by atoms with Gasteiger partial charge in [0.1, 0.15) is 0 Å². The lowest BCUT2D eigenvalue weighted by Crippen LogP contribution is -2.64. The Labute approximate surface area is 194 Å². The predicted molar refractivity (Wildman–Crippen MR) is 118 cm³/mol. The van der Waals surface area contributed by atoms with Gasteiger partial charge in [0, 0.05) is 23.7 Å². The van der Waals surface area contributed by atoms with Crippen LogP contribution in [0.15, 0.2) is 23.8 Å². The summed E-state index contributed by atoms with van der Waals surface area (Å²) in [6, 6.07) is 0. The molecule has 0 bridgehead atoms. The Morgan fingerprint density at radius 3 is 2.67 bits per heavy atom. The second kappa shape index (κ2) is 7.09. The van der Waals surface area contributed by atoms with Crippen LogP contribution in [0, 0.1) is 28.6 Å². The van der Waals surface area contributed by atoms with Gasteiger partial charge >= 0.3 is 5.97 Å². The molecule has 0 spiro atoms. The minimum atomic E-state index is -1.28. The maximum absolute atomic E-state index is 13.7. The molecule has 4 aliphatic carbocycles. The number of carbonyl (C=O) groups is 3.